The van der Waals surface area contributed by atoms with Crippen molar-refractivity contribution in [3.05, 3.63) is 71.5 Å². The SMILES string of the molecule is Cc1ccccc1C(O)c1cnn2ccccc12. The number of benzene rings is 1. The fourth-order valence-electron chi connectivity index (χ4n) is 2.23. The van der Waals surface area contributed by atoms with Crippen LogP contribution >= 0.6 is 0 Å². The fourth-order valence-corrected chi connectivity index (χ4v) is 2.23. The summed E-state index contributed by atoms with van der Waals surface area (Å²) in [7, 11) is 0. The normalized spacial score (nSPS) is 12.8. The van der Waals surface area contributed by atoms with Crippen molar-refractivity contribution in [1.29, 1.82) is 0 Å². The monoisotopic (exact) mass is 238 g/mol. The first kappa shape index (κ1) is 11.0. The van der Waals surface area contributed by atoms with Crippen LogP contribution in [0.15, 0.2) is 54.9 Å². The second kappa shape index (κ2) is 4.27. The lowest BCUT2D eigenvalue weighted by molar-refractivity contribution is 0.221. The molecule has 2 heterocycles. The molecule has 0 saturated carbocycles. The Hall–Kier alpha value is -2.13. The molecule has 18 heavy (non-hydrogen) atoms. The van der Waals surface area contributed by atoms with Gasteiger partial charge in [0.2, 0.25) is 0 Å². The number of fused-ring (bicyclic) bond motifs is 1. The predicted octanol–water partition coefficient (Wildman–Crippen LogP) is 2.72. The van der Waals surface area contributed by atoms with Crippen LogP contribution in [0.25, 0.3) is 5.52 Å². The Morgan fingerprint density at radius 3 is 2.67 bits per heavy atom. The molecule has 1 unspecified atom stereocenters. The molecule has 0 saturated heterocycles. The van der Waals surface area contributed by atoms with E-state index in [4.69, 9.17) is 0 Å². The molecule has 1 atom stereocenters. The van der Waals surface area contributed by atoms with Gasteiger partial charge in [-0.15, -0.1) is 0 Å². The first-order valence-corrected chi connectivity index (χ1v) is 5.93. The third kappa shape index (κ3) is 1.69. The number of rotatable bonds is 2. The summed E-state index contributed by atoms with van der Waals surface area (Å²) in [5, 5.41) is 14.8. The van der Waals surface area contributed by atoms with Gasteiger partial charge < -0.3 is 5.11 Å². The van der Waals surface area contributed by atoms with Gasteiger partial charge in [0.1, 0.15) is 6.10 Å². The molecule has 0 aliphatic rings. The van der Waals surface area contributed by atoms with E-state index in [1.54, 1.807) is 10.7 Å². The van der Waals surface area contributed by atoms with Crippen molar-refractivity contribution in [1.82, 2.24) is 9.61 Å². The van der Waals surface area contributed by atoms with Crippen LogP contribution in [0, 0.1) is 6.92 Å². The zero-order chi connectivity index (χ0) is 12.5. The number of aromatic nitrogens is 2. The molecule has 0 spiro atoms. The van der Waals surface area contributed by atoms with Crippen LogP contribution in [0.5, 0.6) is 0 Å². The van der Waals surface area contributed by atoms with Gasteiger partial charge in [0.25, 0.3) is 0 Å². The van der Waals surface area contributed by atoms with E-state index < -0.39 is 6.10 Å². The van der Waals surface area contributed by atoms with Crippen molar-refractivity contribution in [3.8, 4) is 0 Å². The standard InChI is InChI=1S/C15H14N2O/c1-11-6-2-3-7-12(11)15(18)13-10-16-17-9-5-4-8-14(13)17/h2-10,15,18H,1H3. The second-order valence-electron chi connectivity index (χ2n) is 4.39. The number of aliphatic hydroxyl groups is 1. The molecule has 90 valence electrons. The van der Waals surface area contributed by atoms with Gasteiger partial charge in [0, 0.05) is 11.8 Å². The lowest BCUT2D eigenvalue weighted by Gasteiger charge is -2.12. The van der Waals surface area contributed by atoms with Crippen LogP contribution in [-0.4, -0.2) is 14.7 Å². The number of nitrogens with zero attached hydrogens (tertiary/aromatic N) is 2. The van der Waals surface area contributed by atoms with E-state index in [1.165, 1.54) is 0 Å². The van der Waals surface area contributed by atoms with Gasteiger partial charge in [0.15, 0.2) is 0 Å². The Balaban J connectivity index is 2.13. The van der Waals surface area contributed by atoms with Gasteiger partial charge in [-0.1, -0.05) is 30.3 Å². The highest BCUT2D eigenvalue weighted by atomic mass is 16.3. The maximum absolute atomic E-state index is 10.5. The number of pyridine rings is 1. The summed E-state index contributed by atoms with van der Waals surface area (Å²) in [6.07, 6.45) is 2.97. The van der Waals surface area contributed by atoms with Gasteiger partial charge in [-0.2, -0.15) is 5.10 Å². The zero-order valence-corrected chi connectivity index (χ0v) is 10.1. The molecular formula is C15H14N2O. The number of hydrogen-bond acceptors (Lipinski definition) is 2. The minimum Gasteiger partial charge on any atom is -0.384 e. The zero-order valence-electron chi connectivity index (χ0n) is 10.1. The highest BCUT2D eigenvalue weighted by Crippen LogP contribution is 2.27. The topological polar surface area (TPSA) is 37.5 Å². The quantitative estimate of drug-likeness (QED) is 0.745. The molecule has 3 aromatic rings. The largest absolute Gasteiger partial charge is 0.384 e. The highest BCUT2D eigenvalue weighted by molar-refractivity contribution is 5.56. The third-order valence-electron chi connectivity index (χ3n) is 3.23. The third-order valence-corrected chi connectivity index (χ3v) is 3.23. The first-order valence-electron chi connectivity index (χ1n) is 5.93. The molecule has 0 radical (unpaired) electrons. The smallest absolute Gasteiger partial charge is 0.108 e. The average Bonchev–Trinajstić information content (AvgIpc) is 2.82. The van der Waals surface area contributed by atoms with E-state index in [9.17, 15) is 5.11 Å². The van der Waals surface area contributed by atoms with Crippen LogP contribution in [-0.2, 0) is 0 Å². The summed E-state index contributed by atoms with van der Waals surface area (Å²) >= 11 is 0. The molecule has 0 bridgehead atoms. The lowest BCUT2D eigenvalue weighted by Crippen LogP contribution is -2.01. The summed E-state index contributed by atoms with van der Waals surface area (Å²) in [5.74, 6) is 0. The second-order valence-corrected chi connectivity index (χ2v) is 4.39. The van der Waals surface area contributed by atoms with E-state index in [0.29, 0.717) is 0 Å². The van der Waals surface area contributed by atoms with E-state index in [0.717, 1.165) is 22.2 Å². The van der Waals surface area contributed by atoms with Crippen molar-refractivity contribution >= 4 is 5.52 Å². The molecule has 0 fully saturated rings. The summed E-state index contributed by atoms with van der Waals surface area (Å²) in [6, 6.07) is 13.7. The Kier molecular flexibility index (Phi) is 2.61. The van der Waals surface area contributed by atoms with Crippen LogP contribution in [0.3, 0.4) is 0 Å². The number of aryl methyl sites for hydroxylation is 1. The Morgan fingerprint density at radius 2 is 1.83 bits per heavy atom. The van der Waals surface area contributed by atoms with Gasteiger partial charge in [-0.05, 0) is 30.2 Å². The van der Waals surface area contributed by atoms with Crippen molar-refractivity contribution < 1.29 is 5.11 Å². The van der Waals surface area contributed by atoms with E-state index in [-0.39, 0.29) is 0 Å². The van der Waals surface area contributed by atoms with E-state index in [2.05, 4.69) is 5.10 Å². The summed E-state index contributed by atoms with van der Waals surface area (Å²) in [5.41, 5.74) is 3.79. The fraction of sp³-hybridized carbons (Fsp3) is 0.133. The van der Waals surface area contributed by atoms with Crippen LogP contribution < -0.4 is 0 Å². The Labute approximate surface area is 105 Å². The van der Waals surface area contributed by atoms with Crippen molar-refractivity contribution in [2.75, 3.05) is 0 Å². The van der Waals surface area contributed by atoms with Crippen LogP contribution in [0.1, 0.15) is 22.8 Å². The van der Waals surface area contributed by atoms with E-state index in [1.807, 2.05) is 55.6 Å². The van der Waals surface area contributed by atoms with Crippen molar-refractivity contribution in [2.45, 2.75) is 13.0 Å². The molecule has 3 nitrogen and oxygen atoms in total. The molecular weight excluding hydrogens is 224 g/mol. The van der Waals surface area contributed by atoms with Gasteiger partial charge in [0.05, 0.1) is 11.7 Å². The maximum Gasteiger partial charge on any atom is 0.108 e. The minimum atomic E-state index is -0.633. The molecule has 3 rings (SSSR count). The molecule has 1 N–H and O–H groups in total. The molecule has 1 aromatic carbocycles. The summed E-state index contributed by atoms with van der Waals surface area (Å²) in [6.45, 7) is 2.00. The highest BCUT2D eigenvalue weighted by Gasteiger charge is 2.16. The van der Waals surface area contributed by atoms with Gasteiger partial charge in [-0.3, -0.25) is 0 Å². The maximum atomic E-state index is 10.5. The van der Waals surface area contributed by atoms with Crippen molar-refractivity contribution in [2.24, 2.45) is 0 Å². The molecule has 3 heteroatoms. The Bertz CT molecular complexity index is 688. The molecule has 0 aliphatic carbocycles. The average molecular weight is 238 g/mol. The van der Waals surface area contributed by atoms with Gasteiger partial charge in [-0.25, -0.2) is 4.52 Å². The first-order chi connectivity index (χ1) is 8.77. The predicted molar refractivity (Wildman–Crippen MR) is 70.4 cm³/mol. The number of hydrogen-bond donors (Lipinski definition) is 1. The van der Waals surface area contributed by atoms with Crippen LogP contribution in [0.2, 0.25) is 0 Å². The van der Waals surface area contributed by atoms with E-state index >= 15 is 0 Å². The molecule has 0 amide bonds. The summed E-state index contributed by atoms with van der Waals surface area (Å²) in [4.78, 5) is 0. The van der Waals surface area contributed by atoms with Crippen LogP contribution in [0.4, 0.5) is 0 Å². The lowest BCUT2D eigenvalue weighted by atomic mass is 9.98. The molecule has 2 aromatic heterocycles. The number of aliphatic hydroxyl groups excluding tert-OH is 1. The molecule has 0 aliphatic heterocycles. The summed E-state index contributed by atoms with van der Waals surface area (Å²) < 4.78 is 1.77. The minimum absolute atomic E-state index is 0.633. The van der Waals surface area contributed by atoms with Crippen molar-refractivity contribution in [3.63, 3.8) is 0 Å². The van der Waals surface area contributed by atoms with Gasteiger partial charge >= 0.3 is 0 Å². The Morgan fingerprint density at radius 1 is 1.06 bits per heavy atom.